The van der Waals surface area contributed by atoms with Gasteiger partial charge in [-0.1, -0.05) is 32.0 Å². The number of rotatable bonds is 3. The molecule has 2 aliphatic heterocycles. The Bertz CT molecular complexity index is 435. The standard InChI is InChI=1S/C17H26N2S/c1-12(2)16-9-18-13(3)10-19(16)11-15-8-14-6-4-5-7-17(14)20-15/h4-7,12-13,15-16,18H,8-11H2,1-3H3. The van der Waals surface area contributed by atoms with Gasteiger partial charge in [-0.25, -0.2) is 0 Å². The first-order valence-corrected chi connectivity index (χ1v) is 8.73. The summed E-state index contributed by atoms with van der Waals surface area (Å²) in [6.45, 7) is 10.6. The maximum atomic E-state index is 3.64. The lowest BCUT2D eigenvalue weighted by Crippen LogP contribution is -2.58. The van der Waals surface area contributed by atoms with Gasteiger partial charge >= 0.3 is 0 Å². The molecule has 1 saturated heterocycles. The number of fused-ring (bicyclic) bond motifs is 1. The molecule has 2 nitrogen and oxygen atoms in total. The highest BCUT2D eigenvalue weighted by molar-refractivity contribution is 8.00. The second-order valence-corrected chi connectivity index (χ2v) is 7.97. The largest absolute Gasteiger partial charge is 0.311 e. The van der Waals surface area contributed by atoms with Crippen molar-refractivity contribution in [3.63, 3.8) is 0 Å². The minimum absolute atomic E-state index is 0.624. The zero-order valence-corrected chi connectivity index (χ0v) is 13.6. The highest BCUT2D eigenvalue weighted by Gasteiger charge is 2.31. The van der Waals surface area contributed by atoms with Gasteiger partial charge in [-0.15, -0.1) is 11.8 Å². The fourth-order valence-corrected chi connectivity index (χ4v) is 4.84. The van der Waals surface area contributed by atoms with E-state index in [1.165, 1.54) is 24.4 Å². The molecule has 0 aliphatic carbocycles. The van der Waals surface area contributed by atoms with Crippen LogP contribution in [0.5, 0.6) is 0 Å². The van der Waals surface area contributed by atoms with Gasteiger partial charge in [-0.05, 0) is 30.9 Å². The van der Waals surface area contributed by atoms with E-state index in [1.54, 1.807) is 5.56 Å². The third kappa shape index (κ3) is 3.05. The van der Waals surface area contributed by atoms with E-state index in [0.717, 1.165) is 17.7 Å². The number of thioether (sulfide) groups is 1. The molecule has 110 valence electrons. The molecule has 0 spiro atoms. The monoisotopic (exact) mass is 290 g/mol. The predicted octanol–water partition coefficient (Wildman–Crippen LogP) is 3.02. The summed E-state index contributed by atoms with van der Waals surface area (Å²) in [6.07, 6.45) is 1.24. The molecule has 0 saturated carbocycles. The number of hydrogen-bond acceptors (Lipinski definition) is 3. The molecule has 3 atom stereocenters. The third-order valence-corrected chi connectivity index (χ3v) is 5.88. The highest BCUT2D eigenvalue weighted by Crippen LogP contribution is 2.37. The van der Waals surface area contributed by atoms with Crippen molar-refractivity contribution >= 4 is 11.8 Å². The van der Waals surface area contributed by atoms with Crippen LogP contribution in [-0.2, 0) is 6.42 Å². The molecule has 3 unspecified atom stereocenters. The molecule has 0 bridgehead atoms. The fraction of sp³-hybridized carbons (Fsp3) is 0.647. The molecule has 3 rings (SSSR count). The highest BCUT2D eigenvalue weighted by atomic mass is 32.2. The van der Waals surface area contributed by atoms with Crippen LogP contribution in [0.4, 0.5) is 0 Å². The lowest BCUT2D eigenvalue weighted by Gasteiger charge is -2.42. The summed E-state index contributed by atoms with van der Waals surface area (Å²) in [6, 6.07) is 10.2. The third-order valence-electron chi connectivity index (χ3n) is 4.57. The van der Waals surface area contributed by atoms with Crippen LogP contribution in [0, 0.1) is 5.92 Å². The van der Waals surface area contributed by atoms with E-state index < -0.39 is 0 Å². The molecule has 1 N–H and O–H groups in total. The minimum atomic E-state index is 0.624. The molecule has 0 amide bonds. The first-order valence-electron chi connectivity index (χ1n) is 7.85. The van der Waals surface area contributed by atoms with Crippen molar-refractivity contribution in [2.75, 3.05) is 19.6 Å². The van der Waals surface area contributed by atoms with E-state index >= 15 is 0 Å². The maximum absolute atomic E-state index is 3.64. The Morgan fingerprint density at radius 1 is 1.35 bits per heavy atom. The Labute approximate surface area is 127 Å². The van der Waals surface area contributed by atoms with E-state index in [0.29, 0.717) is 12.1 Å². The SMILES string of the molecule is CC1CN(CC2Cc3ccccc3S2)C(C(C)C)CN1. The van der Waals surface area contributed by atoms with Gasteiger partial charge in [-0.2, -0.15) is 0 Å². The normalized spacial score (nSPS) is 30.7. The number of hydrogen-bond donors (Lipinski definition) is 1. The summed E-state index contributed by atoms with van der Waals surface area (Å²) >= 11 is 2.08. The Balaban J connectivity index is 1.65. The average molecular weight is 290 g/mol. The van der Waals surface area contributed by atoms with Crippen LogP contribution in [-0.4, -0.2) is 41.9 Å². The number of piperazine rings is 1. The van der Waals surface area contributed by atoms with Crippen molar-refractivity contribution in [1.29, 1.82) is 0 Å². The molecule has 3 heteroatoms. The zero-order valence-electron chi connectivity index (χ0n) is 12.8. The fourth-order valence-electron chi connectivity index (χ4n) is 3.49. The van der Waals surface area contributed by atoms with E-state index in [9.17, 15) is 0 Å². The molecule has 2 heterocycles. The number of nitrogens with one attached hydrogen (secondary N) is 1. The van der Waals surface area contributed by atoms with Crippen molar-refractivity contribution in [3.05, 3.63) is 29.8 Å². The molecule has 0 aromatic heterocycles. The van der Waals surface area contributed by atoms with Gasteiger partial charge < -0.3 is 5.32 Å². The molecule has 1 aromatic carbocycles. The molecule has 1 aromatic rings. The summed E-state index contributed by atoms with van der Waals surface area (Å²) < 4.78 is 0. The first-order chi connectivity index (χ1) is 9.63. The minimum Gasteiger partial charge on any atom is -0.311 e. The van der Waals surface area contributed by atoms with Crippen LogP contribution >= 0.6 is 11.8 Å². The Morgan fingerprint density at radius 3 is 2.90 bits per heavy atom. The van der Waals surface area contributed by atoms with Crippen LogP contribution in [0.1, 0.15) is 26.3 Å². The Hall–Kier alpha value is -0.510. The van der Waals surface area contributed by atoms with Gasteiger partial charge in [0.2, 0.25) is 0 Å². The predicted molar refractivity (Wildman–Crippen MR) is 87.5 cm³/mol. The lowest BCUT2D eigenvalue weighted by atomic mass is 9.98. The quantitative estimate of drug-likeness (QED) is 0.921. The molecular formula is C17H26N2S. The van der Waals surface area contributed by atoms with Crippen molar-refractivity contribution in [2.24, 2.45) is 5.92 Å². The van der Waals surface area contributed by atoms with Crippen LogP contribution in [0.3, 0.4) is 0 Å². The van der Waals surface area contributed by atoms with Gasteiger partial charge in [0.05, 0.1) is 0 Å². The second-order valence-electron chi connectivity index (χ2n) is 6.63. The summed E-state index contributed by atoms with van der Waals surface area (Å²) in [7, 11) is 0. The Morgan fingerprint density at radius 2 is 2.15 bits per heavy atom. The topological polar surface area (TPSA) is 15.3 Å². The Kier molecular flexibility index (Phi) is 4.39. The van der Waals surface area contributed by atoms with Crippen molar-refractivity contribution in [1.82, 2.24) is 10.2 Å². The lowest BCUT2D eigenvalue weighted by molar-refractivity contribution is 0.104. The molecule has 20 heavy (non-hydrogen) atoms. The van der Waals surface area contributed by atoms with Gasteiger partial charge in [0.1, 0.15) is 0 Å². The smallest absolute Gasteiger partial charge is 0.0263 e. The van der Waals surface area contributed by atoms with Crippen LogP contribution in [0.15, 0.2) is 29.2 Å². The van der Waals surface area contributed by atoms with Gasteiger partial charge in [0, 0.05) is 41.9 Å². The van der Waals surface area contributed by atoms with Crippen LogP contribution in [0.2, 0.25) is 0 Å². The van der Waals surface area contributed by atoms with Gasteiger partial charge in [0.25, 0.3) is 0 Å². The number of benzene rings is 1. The number of nitrogens with zero attached hydrogens (tertiary/aromatic N) is 1. The van der Waals surface area contributed by atoms with Crippen LogP contribution < -0.4 is 5.32 Å². The van der Waals surface area contributed by atoms with E-state index in [-0.39, 0.29) is 0 Å². The van der Waals surface area contributed by atoms with Gasteiger partial charge in [0.15, 0.2) is 0 Å². The van der Waals surface area contributed by atoms with E-state index in [2.05, 4.69) is 67.0 Å². The summed E-state index contributed by atoms with van der Waals surface area (Å²) in [5, 5.41) is 4.37. The molecule has 0 radical (unpaired) electrons. The maximum Gasteiger partial charge on any atom is 0.0263 e. The zero-order chi connectivity index (χ0) is 14.1. The summed E-state index contributed by atoms with van der Waals surface area (Å²) in [5.74, 6) is 0.726. The second kappa shape index (κ2) is 6.08. The molecular weight excluding hydrogens is 264 g/mol. The van der Waals surface area contributed by atoms with Gasteiger partial charge in [-0.3, -0.25) is 4.90 Å². The average Bonchev–Trinajstić information content (AvgIpc) is 2.80. The van der Waals surface area contributed by atoms with Crippen molar-refractivity contribution in [2.45, 2.75) is 49.4 Å². The van der Waals surface area contributed by atoms with Crippen molar-refractivity contribution in [3.8, 4) is 0 Å². The van der Waals surface area contributed by atoms with E-state index in [4.69, 9.17) is 0 Å². The molecule has 1 fully saturated rings. The summed E-state index contributed by atoms with van der Waals surface area (Å²) in [5.41, 5.74) is 1.55. The summed E-state index contributed by atoms with van der Waals surface area (Å²) in [4.78, 5) is 4.23. The van der Waals surface area contributed by atoms with Crippen molar-refractivity contribution < 1.29 is 0 Å². The molecule has 2 aliphatic rings. The first kappa shape index (κ1) is 14.4. The van der Waals surface area contributed by atoms with E-state index in [1.807, 2.05) is 0 Å². The van der Waals surface area contributed by atoms with Crippen LogP contribution in [0.25, 0.3) is 0 Å².